The molecule has 20 heavy (non-hydrogen) atoms. The summed E-state index contributed by atoms with van der Waals surface area (Å²) < 4.78 is 0. The Morgan fingerprint density at radius 1 is 1.30 bits per heavy atom. The van der Waals surface area contributed by atoms with Crippen molar-refractivity contribution in [2.24, 2.45) is 11.8 Å². The number of nitrogens with zero attached hydrogens (tertiary/aromatic N) is 1. The first-order valence-electron chi connectivity index (χ1n) is 6.61. The summed E-state index contributed by atoms with van der Waals surface area (Å²) in [5.41, 5.74) is 3.60. The average molecular weight is 277 g/mol. The number of hydrogen-bond donors (Lipinski definition) is 4. The minimum atomic E-state index is -0.215. The van der Waals surface area contributed by atoms with Crippen LogP contribution >= 0.6 is 0 Å². The van der Waals surface area contributed by atoms with Crippen LogP contribution in [0.2, 0.25) is 0 Å². The van der Waals surface area contributed by atoms with Gasteiger partial charge in [-0.25, -0.2) is 10.8 Å². The fraction of sp³-hybridized carbons (Fsp3) is 0.462. The summed E-state index contributed by atoms with van der Waals surface area (Å²) in [6.07, 6.45) is 1.95. The summed E-state index contributed by atoms with van der Waals surface area (Å²) in [6, 6.07) is 3.25. The van der Waals surface area contributed by atoms with Crippen molar-refractivity contribution in [3.8, 4) is 0 Å². The second-order valence-corrected chi connectivity index (χ2v) is 4.85. The van der Waals surface area contributed by atoms with Crippen molar-refractivity contribution in [3.63, 3.8) is 0 Å². The van der Waals surface area contributed by atoms with E-state index in [-0.39, 0.29) is 17.7 Å². The van der Waals surface area contributed by atoms with Crippen LogP contribution in [0.4, 0.5) is 5.82 Å². The molecule has 7 nitrogen and oxygen atoms in total. The van der Waals surface area contributed by atoms with Gasteiger partial charge in [0.1, 0.15) is 5.82 Å². The second kappa shape index (κ2) is 6.33. The van der Waals surface area contributed by atoms with Gasteiger partial charge >= 0.3 is 0 Å². The lowest BCUT2D eigenvalue weighted by atomic mass is 10.2. The maximum absolute atomic E-state index is 11.9. The fourth-order valence-electron chi connectivity index (χ4n) is 1.83. The predicted octanol–water partition coefficient (Wildman–Crippen LogP) is -0.0684. The molecule has 1 saturated carbocycles. The molecule has 0 spiro atoms. The number of aromatic nitrogens is 1. The van der Waals surface area contributed by atoms with Gasteiger partial charge in [-0.05, 0) is 31.9 Å². The Bertz CT molecular complexity index is 513. The van der Waals surface area contributed by atoms with Gasteiger partial charge in [0.05, 0.1) is 0 Å². The quantitative estimate of drug-likeness (QED) is 0.331. The maximum atomic E-state index is 11.9. The largest absolute Gasteiger partial charge is 0.354 e. The molecule has 0 atom stereocenters. The molecule has 1 aromatic rings. The highest BCUT2D eigenvalue weighted by atomic mass is 16.2. The van der Waals surface area contributed by atoms with Gasteiger partial charge in [-0.3, -0.25) is 9.59 Å². The smallest absolute Gasteiger partial charge is 0.251 e. The third-order valence-corrected chi connectivity index (χ3v) is 3.02. The van der Waals surface area contributed by atoms with Gasteiger partial charge in [-0.15, -0.1) is 0 Å². The van der Waals surface area contributed by atoms with Crippen LogP contribution in [0.5, 0.6) is 0 Å². The third kappa shape index (κ3) is 3.92. The van der Waals surface area contributed by atoms with Crippen LogP contribution in [-0.4, -0.2) is 29.9 Å². The van der Waals surface area contributed by atoms with Gasteiger partial charge in [-0.2, -0.15) is 0 Å². The van der Waals surface area contributed by atoms with Crippen LogP contribution in [0.25, 0.3) is 0 Å². The number of aryl methyl sites for hydroxylation is 1. The number of carbonyl (C=O) groups is 2. The number of hydrazine groups is 1. The average Bonchev–Trinajstić information content (AvgIpc) is 3.26. The number of pyridine rings is 1. The first-order chi connectivity index (χ1) is 9.60. The normalized spacial score (nSPS) is 13.7. The minimum absolute atomic E-state index is 0.0774. The molecule has 1 aliphatic carbocycles. The Balaban J connectivity index is 1.79. The van der Waals surface area contributed by atoms with Crippen molar-refractivity contribution in [2.45, 2.75) is 19.8 Å². The molecule has 108 valence electrons. The molecule has 2 rings (SSSR count). The topological polar surface area (TPSA) is 109 Å². The van der Waals surface area contributed by atoms with E-state index in [1.54, 1.807) is 19.1 Å². The summed E-state index contributed by atoms with van der Waals surface area (Å²) >= 11 is 0. The van der Waals surface area contributed by atoms with Gasteiger partial charge in [0.2, 0.25) is 5.91 Å². The van der Waals surface area contributed by atoms with Crippen molar-refractivity contribution in [1.82, 2.24) is 15.6 Å². The Labute approximate surface area is 117 Å². The van der Waals surface area contributed by atoms with E-state index in [0.29, 0.717) is 30.2 Å². The third-order valence-electron chi connectivity index (χ3n) is 3.02. The zero-order chi connectivity index (χ0) is 14.5. The predicted molar refractivity (Wildman–Crippen MR) is 74.9 cm³/mol. The van der Waals surface area contributed by atoms with E-state index in [0.717, 1.165) is 12.8 Å². The van der Waals surface area contributed by atoms with Crippen LogP contribution in [0, 0.1) is 12.8 Å². The zero-order valence-electron chi connectivity index (χ0n) is 11.4. The summed E-state index contributed by atoms with van der Waals surface area (Å²) in [7, 11) is 0. The molecule has 7 heteroatoms. The van der Waals surface area contributed by atoms with Gasteiger partial charge in [0.25, 0.3) is 5.91 Å². The molecule has 0 aromatic carbocycles. The monoisotopic (exact) mass is 277 g/mol. The van der Waals surface area contributed by atoms with Crippen molar-refractivity contribution >= 4 is 17.6 Å². The molecule has 5 N–H and O–H groups in total. The van der Waals surface area contributed by atoms with Crippen LogP contribution in [0.3, 0.4) is 0 Å². The number of amides is 2. The van der Waals surface area contributed by atoms with E-state index in [4.69, 9.17) is 5.84 Å². The second-order valence-electron chi connectivity index (χ2n) is 4.85. The van der Waals surface area contributed by atoms with E-state index in [1.807, 2.05) is 0 Å². The summed E-state index contributed by atoms with van der Waals surface area (Å²) in [4.78, 5) is 27.4. The lowest BCUT2D eigenvalue weighted by Gasteiger charge is -2.08. The highest BCUT2D eigenvalue weighted by molar-refractivity contribution is 5.95. The minimum Gasteiger partial charge on any atom is -0.354 e. The van der Waals surface area contributed by atoms with E-state index in [2.05, 4.69) is 21.0 Å². The van der Waals surface area contributed by atoms with Gasteiger partial charge in [-0.1, -0.05) is 0 Å². The highest BCUT2D eigenvalue weighted by Crippen LogP contribution is 2.28. The highest BCUT2D eigenvalue weighted by Gasteiger charge is 2.28. The van der Waals surface area contributed by atoms with Crippen molar-refractivity contribution in [1.29, 1.82) is 0 Å². The molecule has 0 radical (unpaired) electrons. The number of nitrogen functional groups attached to an aromatic ring is 1. The summed E-state index contributed by atoms with van der Waals surface area (Å²) in [5.74, 6) is 5.78. The zero-order valence-corrected chi connectivity index (χ0v) is 11.4. The van der Waals surface area contributed by atoms with Crippen molar-refractivity contribution in [3.05, 3.63) is 23.4 Å². The number of nitrogens with two attached hydrogens (primary N) is 1. The van der Waals surface area contributed by atoms with Crippen LogP contribution < -0.4 is 21.9 Å². The number of carbonyl (C=O) groups excluding carboxylic acids is 2. The molecule has 1 heterocycles. The maximum Gasteiger partial charge on any atom is 0.251 e. The van der Waals surface area contributed by atoms with E-state index < -0.39 is 0 Å². The van der Waals surface area contributed by atoms with Gasteiger partial charge < -0.3 is 16.1 Å². The van der Waals surface area contributed by atoms with E-state index in [9.17, 15) is 9.59 Å². The first-order valence-corrected chi connectivity index (χ1v) is 6.61. The number of nitrogens with one attached hydrogen (secondary N) is 3. The summed E-state index contributed by atoms with van der Waals surface area (Å²) in [6.45, 7) is 2.62. The Hall–Kier alpha value is -2.15. The number of anilines is 1. The standard InChI is InChI=1S/C13H19N5O2/c1-8-6-10(7-11(17-8)18-14)13(20)16-5-4-15-12(19)9-2-3-9/h6-7,9H,2-5,14H2,1H3,(H,15,19)(H,16,20)(H,17,18). The molecule has 1 aromatic heterocycles. The Morgan fingerprint density at radius 3 is 2.65 bits per heavy atom. The van der Waals surface area contributed by atoms with Crippen molar-refractivity contribution in [2.75, 3.05) is 18.5 Å². The lowest BCUT2D eigenvalue weighted by molar-refractivity contribution is -0.122. The SMILES string of the molecule is Cc1cc(C(=O)NCCNC(=O)C2CC2)cc(NN)n1. The van der Waals surface area contributed by atoms with E-state index in [1.165, 1.54) is 0 Å². The first kappa shape index (κ1) is 14.3. The van der Waals surface area contributed by atoms with E-state index >= 15 is 0 Å². The molecule has 0 bridgehead atoms. The van der Waals surface area contributed by atoms with Crippen LogP contribution in [0.15, 0.2) is 12.1 Å². The summed E-state index contributed by atoms with van der Waals surface area (Å²) in [5, 5.41) is 5.53. The van der Waals surface area contributed by atoms with Gasteiger partial charge in [0.15, 0.2) is 0 Å². The molecule has 0 unspecified atom stereocenters. The molecular weight excluding hydrogens is 258 g/mol. The number of hydrogen-bond acceptors (Lipinski definition) is 5. The Morgan fingerprint density at radius 2 is 2.00 bits per heavy atom. The number of rotatable bonds is 6. The lowest BCUT2D eigenvalue weighted by Crippen LogP contribution is -2.35. The van der Waals surface area contributed by atoms with Gasteiger partial charge in [0, 0.05) is 30.3 Å². The fourth-order valence-corrected chi connectivity index (χ4v) is 1.83. The molecule has 1 aliphatic rings. The van der Waals surface area contributed by atoms with Crippen LogP contribution in [-0.2, 0) is 4.79 Å². The Kier molecular flexibility index (Phi) is 4.52. The molecular formula is C13H19N5O2. The molecule has 0 saturated heterocycles. The molecule has 0 aliphatic heterocycles. The molecule has 2 amide bonds. The molecule has 1 fully saturated rings. The van der Waals surface area contributed by atoms with Crippen LogP contribution in [0.1, 0.15) is 28.9 Å². The van der Waals surface area contributed by atoms with Crippen molar-refractivity contribution < 1.29 is 9.59 Å².